The molecule has 0 fully saturated rings. The second-order valence-electron chi connectivity index (χ2n) is 5.88. The number of carbonyl (C=O) groups is 2. The fourth-order valence-corrected chi connectivity index (χ4v) is 3.97. The predicted octanol–water partition coefficient (Wildman–Crippen LogP) is 3.86. The normalized spacial score (nSPS) is 15.4. The average Bonchev–Trinajstić information content (AvgIpc) is 3.05. The lowest BCUT2D eigenvalue weighted by atomic mass is 10.1. The number of benzene rings is 2. The van der Waals surface area contributed by atoms with E-state index < -0.39 is 12.1 Å². The first-order valence-electron chi connectivity index (χ1n) is 8.55. The van der Waals surface area contributed by atoms with Crippen molar-refractivity contribution in [3.63, 3.8) is 0 Å². The Kier molecular flexibility index (Phi) is 4.68. The van der Waals surface area contributed by atoms with E-state index >= 15 is 0 Å². The Morgan fingerprint density at radius 1 is 1.15 bits per heavy atom. The van der Waals surface area contributed by atoms with Crippen LogP contribution in [0.4, 0.5) is 5.00 Å². The van der Waals surface area contributed by atoms with Crippen molar-refractivity contribution in [2.75, 3.05) is 18.5 Å². The van der Waals surface area contributed by atoms with Crippen LogP contribution in [0.1, 0.15) is 17.3 Å². The first kappa shape index (κ1) is 17.4. The summed E-state index contributed by atoms with van der Waals surface area (Å²) in [4.78, 5) is 25.2. The maximum absolute atomic E-state index is 12.7. The number of ether oxygens (including phenoxy) is 3. The first-order valence-corrected chi connectivity index (χ1v) is 9.37. The summed E-state index contributed by atoms with van der Waals surface area (Å²) in [5.41, 5.74) is 0.364. The number of fused-ring (bicyclic) bond motifs is 2. The van der Waals surface area contributed by atoms with Gasteiger partial charge in [-0.1, -0.05) is 30.3 Å². The number of hydrogen-bond donors (Lipinski definition) is 1. The van der Waals surface area contributed by atoms with Crippen molar-refractivity contribution in [1.29, 1.82) is 0 Å². The van der Waals surface area contributed by atoms with Gasteiger partial charge < -0.3 is 19.5 Å². The molecule has 6 nitrogen and oxygen atoms in total. The summed E-state index contributed by atoms with van der Waals surface area (Å²) in [6, 6.07) is 14.6. The van der Waals surface area contributed by atoms with Gasteiger partial charge in [-0.05, 0) is 25.1 Å². The quantitative estimate of drug-likeness (QED) is 0.693. The number of rotatable bonds is 4. The largest absolute Gasteiger partial charge is 0.485 e. The lowest BCUT2D eigenvalue weighted by molar-refractivity contribution is -0.125. The zero-order valence-electron chi connectivity index (χ0n) is 14.6. The summed E-state index contributed by atoms with van der Waals surface area (Å²) in [6.45, 7) is 2.10. The van der Waals surface area contributed by atoms with Gasteiger partial charge in [-0.3, -0.25) is 4.79 Å². The highest BCUT2D eigenvalue weighted by Crippen LogP contribution is 2.37. The van der Waals surface area contributed by atoms with Crippen LogP contribution in [-0.2, 0) is 9.53 Å². The zero-order valence-corrected chi connectivity index (χ0v) is 15.4. The number of carbonyl (C=O) groups excluding carboxylic acids is 2. The maximum atomic E-state index is 12.7. The molecule has 0 bridgehead atoms. The molecule has 0 spiro atoms. The molecule has 1 aromatic heterocycles. The first-order chi connectivity index (χ1) is 13.2. The van der Waals surface area contributed by atoms with E-state index in [4.69, 9.17) is 14.2 Å². The van der Waals surface area contributed by atoms with Crippen molar-refractivity contribution in [3.05, 3.63) is 54.1 Å². The van der Waals surface area contributed by atoms with Crippen LogP contribution < -0.4 is 14.8 Å². The van der Waals surface area contributed by atoms with Gasteiger partial charge in [0, 0.05) is 10.1 Å². The topological polar surface area (TPSA) is 73.9 Å². The average molecular weight is 383 g/mol. The van der Waals surface area contributed by atoms with Crippen molar-refractivity contribution in [2.45, 2.75) is 13.0 Å². The molecular formula is C20H17NO5S. The summed E-state index contributed by atoms with van der Waals surface area (Å²) in [5.74, 6) is 0.291. The molecule has 4 rings (SSSR count). The summed E-state index contributed by atoms with van der Waals surface area (Å²) in [6.07, 6.45) is -0.805. The lowest BCUT2D eigenvalue weighted by Crippen LogP contribution is -2.40. The van der Waals surface area contributed by atoms with E-state index in [1.165, 1.54) is 11.3 Å². The Labute approximate surface area is 159 Å². The third-order valence-corrected chi connectivity index (χ3v) is 5.20. The van der Waals surface area contributed by atoms with Crippen LogP contribution in [0.3, 0.4) is 0 Å². The molecule has 27 heavy (non-hydrogen) atoms. The third kappa shape index (κ3) is 3.33. The summed E-state index contributed by atoms with van der Waals surface area (Å²) in [5, 5.41) is 4.01. The summed E-state index contributed by atoms with van der Waals surface area (Å²) < 4.78 is 17.4. The molecule has 1 aliphatic heterocycles. The van der Waals surface area contributed by atoms with E-state index in [1.807, 2.05) is 36.4 Å². The Balaban J connectivity index is 1.61. The second kappa shape index (κ2) is 7.28. The number of hydrogen-bond acceptors (Lipinski definition) is 6. The predicted molar refractivity (Wildman–Crippen MR) is 103 cm³/mol. The monoisotopic (exact) mass is 383 g/mol. The summed E-state index contributed by atoms with van der Waals surface area (Å²) in [7, 11) is 0. The molecule has 2 heterocycles. The number of anilines is 1. The standard InChI is InChI=1S/C20H17NO5S/c1-2-24-20(23)17-12-7-3-6-10-16(12)27-19(17)21-18(22)15-11-25-13-8-4-5-9-14(13)26-15/h3-10,15H,2,11H2,1H3,(H,21,22)/t15-/m1/s1. The molecule has 0 unspecified atom stereocenters. The Bertz CT molecular complexity index is 1010. The molecule has 0 saturated carbocycles. The minimum atomic E-state index is -0.805. The smallest absolute Gasteiger partial charge is 0.341 e. The Morgan fingerprint density at radius 3 is 2.70 bits per heavy atom. The van der Waals surface area contributed by atoms with Crippen molar-refractivity contribution >= 4 is 38.3 Å². The molecule has 0 aliphatic carbocycles. The van der Waals surface area contributed by atoms with Gasteiger partial charge in [-0.2, -0.15) is 0 Å². The van der Waals surface area contributed by atoms with Crippen LogP contribution in [0.15, 0.2) is 48.5 Å². The molecule has 7 heteroatoms. The van der Waals surface area contributed by atoms with Crippen LogP contribution in [0.2, 0.25) is 0 Å². The van der Waals surface area contributed by atoms with E-state index in [0.717, 1.165) is 10.1 Å². The zero-order chi connectivity index (χ0) is 18.8. The van der Waals surface area contributed by atoms with E-state index in [2.05, 4.69) is 5.32 Å². The van der Waals surface area contributed by atoms with Gasteiger partial charge in [0.25, 0.3) is 5.91 Å². The molecule has 2 aromatic carbocycles. The minimum absolute atomic E-state index is 0.0997. The number of thiophene rings is 1. The molecule has 0 radical (unpaired) electrons. The van der Waals surface area contributed by atoms with Gasteiger partial charge in [0.05, 0.1) is 6.61 Å². The van der Waals surface area contributed by atoms with Crippen LogP contribution >= 0.6 is 11.3 Å². The van der Waals surface area contributed by atoms with Crippen LogP contribution in [0.5, 0.6) is 11.5 Å². The van der Waals surface area contributed by atoms with Crippen LogP contribution in [0.25, 0.3) is 10.1 Å². The molecule has 3 aromatic rings. The van der Waals surface area contributed by atoms with Crippen molar-refractivity contribution in [2.24, 2.45) is 0 Å². The van der Waals surface area contributed by atoms with E-state index in [-0.39, 0.29) is 19.1 Å². The van der Waals surface area contributed by atoms with E-state index in [1.54, 1.807) is 19.1 Å². The fraction of sp³-hybridized carbons (Fsp3) is 0.200. The molecular weight excluding hydrogens is 366 g/mol. The van der Waals surface area contributed by atoms with Crippen molar-refractivity contribution < 1.29 is 23.8 Å². The lowest BCUT2D eigenvalue weighted by Gasteiger charge is -2.25. The number of para-hydroxylation sites is 2. The molecule has 1 amide bonds. The summed E-state index contributed by atoms with van der Waals surface area (Å²) >= 11 is 1.33. The van der Waals surface area contributed by atoms with Gasteiger partial charge in [-0.25, -0.2) is 4.79 Å². The number of nitrogens with one attached hydrogen (secondary N) is 1. The molecule has 1 aliphatic rings. The molecule has 1 atom stereocenters. The van der Waals surface area contributed by atoms with Gasteiger partial charge in [0.15, 0.2) is 11.5 Å². The molecule has 0 saturated heterocycles. The highest BCUT2D eigenvalue weighted by atomic mass is 32.1. The molecule has 138 valence electrons. The molecule has 1 N–H and O–H groups in total. The van der Waals surface area contributed by atoms with Crippen molar-refractivity contribution in [3.8, 4) is 11.5 Å². The van der Waals surface area contributed by atoms with E-state index in [0.29, 0.717) is 22.1 Å². The fourth-order valence-electron chi connectivity index (χ4n) is 2.88. The van der Waals surface area contributed by atoms with Gasteiger partial charge >= 0.3 is 5.97 Å². The highest BCUT2D eigenvalue weighted by molar-refractivity contribution is 7.23. The van der Waals surface area contributed by atoms with Gasteiger partial charge in [0.1, 0.15) is 17.2 Å². The maximum Gasteiger partial charge on any atom is 0.341 e. The SMILES string of the molecule is CCOC(=O)c1c(NC(=O)[C@H]2COc3ccccc3O2)sc2ccccc12. The third-order valence-electron chi connectivity index (χ3n) is 4.11. The minimum Gasteiger partial charge on any atom is -0.485 e. The van der Waals surface area contributed by atoms with Crippen LogP contribution in [0, 0.1) is 0 Å². The highest BCUT2D eigenvalue weighted by Gasteiger charge is 2.29. The Hall–Kier alpha value is -3.06. The second-order valence-corrected chi connectivity index (χ2v) is 6.93. The van der Waals surface area contributed by atoms with Gasteiger partial charge in [0.2, 0.25) is 6.10 Å². The number of esters is 1. The van der Waals surface area contributed by atoms with Crippen molar-refractivity contribution in [1.82, 2.24) is 0 Å². The Morgan fingerprint density at radius 2 is 1.89 bits per heavy atom. The number of amides is 1. The van der Waals surface area contributed by atoms with E-state index in [9.17, 15) is 9.59 Å². The van der Waals surface area contributed by atoms with Crippen LogP contribution in [-0.4, -0.2) is 31.2 Å². The van der Waals surface area contributed by atoms with Gasteiger partial charge in [-0.15, -0.1) is 11.3 Å².